The minimum absolute atomic E-state index is 0.598. The van der Waals surface area contributed by atoms with Crippen LogP contribution in [0, 0.1) is 6.92 Å². The molecule has 0 atom stereocenters. The van der Waals surface area contributed by atoms with Crippen LogP contribution in [0.25, 0.3) is 11.0 Å². The highest BCUT2D eigenvalue weighted by Gasteiger charge is 2.12. The number of aromatic nitrogens is 1. The molecular weight excluding hydrogens is 168 g/mol. The van der Waals surface area contributed by atoms with Gasteiger partial charge >= 0.3 is 0 Å². The summed E-state index contributed by atoms with van der Waals surface area (Å²) in [5.41, 5.74) is 7.82. The highest BCUT2D eigenvalue weighted by atomic mass is 16.5. The molecule has 4 heteroatoms. The first-order chi connectivity index (χ1) is 6.24. The molecule has 0 radical (unpaired) electrons. The van der Waals surface area contributed by atoms with Crippen LogP contribution in [0.1, 0.15) is 5.69 Å². The van der Waals surface area contributed by atoms with E-state index < -0.39 is 0 Å². The number of nitrogens with two attached hydrogens (primary N) is 1. The number of benzene rings is 1. The average Bonchev–Trinajstić information content (AvgIpc) is 2.49. The highest BCUT2D eigenvalue weighted by molar-refractivity contribution is 5.91. The maximum absolute atomic E-state index is 5.73. The summed E-state index contributed by atoms with van der Waals surface area (Å²) in [6.45, 7) is 1.85. The van der Waals surface area contributed by atoms with E-state index in [4.69, 9.17) is 15.0 Å². The Morgan fingerprint density at radius 3 is 2.92 bits per heavy atom. The fourth-order valence-corrected chi connectivity index (χ4v) is 1.38. The lowest BCUT2D eigenvalue weighted by atomic mass is 10.2. The Kier molecular flexibility index (Phi) is 1.62. The van der Waals surface area contributed by atoms with Gasteiger partial charge in [-0.3, -0.25) is 0 Å². The van der Waals surface area contributed by atoms with Gasteiger partial charge in [-0.25, -0.2) is 0 Å². The van der Waals surface area contributed by atoms with E-state index in [2.05, 4.69) is 5.16 Å². The standard InChI is InChI=1S/C9H10N2O2/c1-5-8-7(13-11-5)4-3-6(10)9(8)12-2/h3-4H,10H2,1-2H3. The number of nitrogen functional groups attached to an aromatic ring is 1. The zero-order chi connectivity index (χ0) is 9.42. The van der Waals surface area contributed by atoms with Crippen LogP contribution in [-0.2, 0) is 0 Å². The molecule has 2 rings (SSSR count). The fourth-order valence-electron chi connectivity index (χ4n) is 1.38. The van der Waals surface area contributed by atoms with E-state index in [0.29, 0.717) is 17.0 Å². The molecule has 1 aromatic heterocycles. The summed E-state index contributed by atoms with van der Waals surface area (Å²) in [6, 6.07) is 3.53. The van der Waals surface area contributed by atoms with E-state index >= 15 is 0 Å². The first kappa shape index (κ1) is 7.91. The van der Waals surface area contributed by atoms with Gasteiger partial charge in [-0.15, -0.1) is 0 Å². The van der Waals surface area contributed by atoms with Gasteiger partial charge in [-0.2, -0.15) is 0 Å². The van der Waals surface area contributed by atoms with Crippen molar-refractivity contribution < 1.29 is 9.26 Å². The normalized spacial score (nSPS) is 10.6. The molecule has 1 heterocycles. The van der Waals surface area contributed by atoms with Crippen molar-refractivity contribution in [2.45, 2.75) is 6.92 Å². The SMILES string of the molecule is COc1c(N)ccc2onc(C)c12. The zero-order valence-corrected chi connectivity index (χ0v) is 7.50. The zero-order valence-electron chi connectivity index (χ0n) is 7.50. The quantitative estimate of drug-likeness (QED) is 0.675. The maximum Gasteiger partial charge on any atom is 0.171 e. The van der Waals surface area contributed by atoms with Gasteiger partial charge in [0.1, 0.15) is 0 Å². The van der Waals surface area contributed by atoms with E-state index in [1.165, 1.54) is 0 Å². The molecule has 68 valence electrons. The van der Waals surface area contributed by atoms with Gasteiger partial charge in [0.05, 0.1) is 23.9 Å². The summed E-state index contributed by atoms with van der Waals surface area (Å²) in [4.78, 5) is 0. The van der Waals surface area contributed by atoms with E-state index in [1.54, 1.807) is 19.2 Å². The largest absolute Gasteiger partial charge is 0.494 e. The van der Waals surface area contributed by atoms with Crippen molar-refractivity contribution in [2.24, 2.45) is 0 Å². The Balaban J connectivity index is 2.88. The van der Waals surface area contributed by atoms with Gasteiger partial charge in [0.25, 0.3) is 0 Å². The lowest BCUT2D eigenvalue weighted by Gasteiger charge is -2.04. The van der Waals surface area contributed by atoms with Crippen molar-refractivity contribution >= 4 is 16.7 Å². The van der Waals surface area contributed by atoms with Crippen molar-refractivity contribution in [1.82, 2.24) is 5.16 Å². The molecule has 0 saturated heterocycles. The van der Waals surface area contributed by atoms with Gasteiger partial charge in [-0.1, -0.05) is 5.16 Å². The molecule has 0 saturated carbocycles. The van der Waals surface area contributed by atoms with Gasteiger partial charge in [-0.05, 0) is 19.1 Å². The lowest BCUT2D eigenvalue weighted by Crippen LogP contribution is -1.92. The number of rotatable bonds is 1. The summed E-state index contributed by atoms with van der Waals surface area (Å²) in [5.74, 6) is 0.635. The van der Waals surface area contributed by atoms with E-state index in [9.17, 15) is 0 Å². The monoisotopic (exact) mass is 178 g/mol. The molecule has 0 bridgehead atoms. The van der Waals surface area contributed by atoms with Crippen molar-refractivity contribution in [3.05, 3.63) is 17.8 Å². The fraction of sp³-hybridized carbons (Fsp3) is 0.222. The third-order valence-electron chi connectivity index (χ3n) is 2.00. The van der Waals surface area contributed by atoms with Crippen LogP contribution >= 0.6 is 0 Å². The summed E-state index contributed by atoms with van der Waals surface area (Å²) < 4.78 is 10.2. The predicted molar refractivity (Wildman–Crippen MR) is 49.7 cm³/mol. The summed E-state index contributed by atoms with van der Waals surface area (Å²) >= 11 is 0. The minimum atomic E-state index is 0.598. The van der Waals surface area contributed by atoms with Gasteiger partial charge in [0.2, 0.25) is 0 Å². The van der Waals surface area contributed by atoms with Crippen LogP contribution < -0.4 is 10.5 Å². The predicted octanol–water partition coefficient (Wildman–Crippen LogP) is 1.73. The summed E-state index contributed by atoms with van der Waals surface area (Å²) in [6.07, 6.45) is 0. The molecule has 1 aromatic carbocycles. The van der Waals surface area contributed by atoms with Gasteiger partial charge in [0.15, 0.2) is 11.3 Å². The smallest absolute Gasteiger partial charge is 0.171 e. The number of hydrogen-bond acceptors (Lipinski definition) is 4. The molecule has 4 nitrogen and oxygen atoms in total. The van der Waals surface area contributed by atoms with Crippen molar-refractivity contribution in [1.29, 1.82) is 0 Å². The Morgan fingerprint density at radius 1 is 1.46 bits per heavy atom. The molecule has 2 N–H and O–H groups in total. The van der Waals surface area contributed by atoms with Crippen molar-refractivity contribution in [3.63, 3.8) is 0 Å². The van der Waals surface area contributed by atoms with Crippen LogP contribution in [-0.4, -0.2) is 12.3 Å². The Hall–Kier alpha value is -1.71. The van der Waals surface area contributed by atoms with E-state index in [0.717, 1.165) is 11.1 Å². The third kappa shape index (κ3) is 1.02. The van der Waals surface area contributed by atoms with Crippen molar-refractivity contribution in [3.8, 4) is 5.75 Å². The number of anilines is 1. The number of fused-ring (bicyclic) bond motifs is 1. The first-order valence-corrected chi connectivity index (χ1v) is 3.92. The van der Waals surface area contributed by atoms with E-state index in [-0.39, 0.29) is 0 Å². The number of nitrogens with zero attached hydrogens (tertiary/aromatic N) is 1. The second kappa shape index (κ2) is 2.65. The molecule has 0 aliphatic carbocycles. The van der Waals surface area contributed by atoms with Crippen molar-refractivity contribution in [2.75, 3.05) is 12.8 Å². The van der Waals surface area contributed by atoms with Crippen LogP contribution in [0.3, 0.4) is 0 Å². The Bertz CT molecular complexity index is 448. The lowest BCUT2D eigenvalue weighted by molar-refractivity contribution is 0.421. The molecule has 0 fully saturated rings. The number of hydrogen-bond donors (Lipinski definition) is 1. The second-order valence-electron chi connectivity index (χ2n) is 2.83. The maximum atomic E-state index is 5.73. The van der Waals surface area contributed by atoms with E-state index in [1.807, 2.05) is 6.92 Å². The van der Waals surface area contributed by atoms with Gasteiger partial charge in [0, 0.05) is 0 Å². The van der Waals surface area contributed by atoms with Crippen LogP contribution in [0.2, 0.25) is 0 Å². The van der Waals surface area contributed by atoms with Gasteiger partial charge < -0.3 is 15.0 Å². The van der Waals surface area contributed by atoms with Crippen LogP contribution in [0.15, 0.2) is 16.7 Å². The third-order valence-corrected chi connectivity index (χ3v) is 2.00. The Labute approximate surface area is 75.3 Å². The summed E-state index contributed by atoms with van der Waals surface area (Å²) in [7, 11) is 1.58. The number of methoxy groups -OCH3 is 1. The molecule has 13 heavy (non-hydrogen) atoms. The molecule has 2 aromatic rings. The number of ether oxygens (including phenoxy) is 1. The highest BCUT2D eigenvalue weighted by Crippen LogP contribution is 2.33. The minimum Gasteiger partial charge on any atom is -0.494 e. The number of aryl methyl sites for hydroxylation is 1. The van der Waals surface area contributed by atoms with Crippen LogP contribution in [0.5, 0.6) is 5.75 Å². The Morgan fingerprint density at radius 2 is 2.23 bits per heavy atom. The molecule has 0 aliphatic rings. The molecular formula is C9H10N2O2. The summed E-state index contributed by atoms with van der Waals surface area (Å²) in [5, 5.41) is 4.68. The second-order valence-corrected chi connectivity index (χ2v) is 2.83. The molecule has 0 spiro atoms. The molecule has 0 unspecified atom stereocenters. The molecule has 0 amide bonds. The first-order valence-electron chi connectivity index (χ1n) is 3.92. The average molecular weight is 178 g/mol. The topological polar surface area (TPSA) is 61.3 Å². The van der Waals surface area contributed by atoms with Crippen LogP contribution in [0.4, 0.5) is 5.69 Å². The molecule has 0 aliphatic heterocycles.